The lowest BCUT2D eigenvalue weighted by atomic mass is 10.2. The number of methoxy groups -OCH3 is 1. The van der Waals surface area contributed by atoms with Crippen molar-refractivity contribution in [3.05, 3.63) is 47.1 Å². The Morgan fingerprint density at radius 1 is 1.32 bits per heavy atom. The van der Waals surface area contributed by atoms with E-state index in [0.29, 0.717) is 17.4 Å². The molecule has 0 fully saturated rings. The van der Waals surface area contributed by atoms with Crippen LogP contribution in [0.5, 0.6) is 5.75 Å². The first-order valence-electron chi connectivity index (χ1n) is 5.89. The lowest BCUT2D eigenvalue weighted by Crippen LogP contribution is -2.14. The third-order valence-corrected chi connectivity index (χ3v) is 3.35. The number of nitrogens with zero attached hydrogens (tertiary/aromatic N) is 2. The maximum atomic E-state index is 6.32. The van der Waals surface area contributed by atoms with Crippen LogP contribution in [0.2, 0.25) is 5.02 Å². The normalized spacial score (nSPS) is 10.3. The van der Waals surface area contributed by atoms with Crippen molar-refractivity contribution in [2.45, 2.75) is 6.54 Å². The molecule has 5 heteroatoms. The Kier molecular flexibility index (Phi) is 4.24. The fourth-order valence-corrected chi connectivity index (χ4v) is 2.20. The van der Waals surface area contributed by atoms with Crippen molar-refractivity contribution < 1.29 is 4.74 Å². The highest BCUT2D eigenvalue weighted by Crippen LogP contribution is 2.35. The van der Waals surface area contributed by atoms with Crippen molar-refractivity contribution in [2.75, 3.05) is 19.1 Å². The zero-order chi connectivity index (χ0) is 13.8. The van der Waals surface area contributed by atoms with Gasteiger partial charge >= 0.3 is 0 Å². The molecule has 0 saturated carbocycles. The Labute approximate surface area is 117 Å². The van der Waals surface area contributed by atoms with Gasteiger partial charge in [-0.05, 0) is 23.8 Å². The summed E-state index contributed by atoms with van der Waals surface area (Å²) in [5, 5.41) is 0.568. The van der Waals surface area contributed by atoms with Crippen molar-refractivity contribution in [1.29, 1.82) is 0 Å². The number of benzene rings is 1. The van der Waals surface area contributed by atoms with Gasteiger partial charge < -0.3 is 15.4 Å². The quantitative estimate of drug-likeness (QED) is 0.933. The van der Waals surface area contributed by atoms with Crippen molar-refractivity contribution in [3.8, 4) is 5.75 Å². The zero-order valence-corrected chi connectivity index (χ0v) is 11.7. The molecule has 1 aromatic heterocycles. The van der Waals surface area contributed by atoms with E-state index in [1.54, 1.807) is 13.3 Å². The number of nitrogens with two attached hydrogens (primary N) is 1. The molecule has 0 unspecified atom stereocenters. The molecule has 0 bridgehead atoms. The van der Waals surface area contributed by atoms with Gasteiger partial charge in [-0.25, -0.2) is 4.98 Å². The summed E-state index contributed by atoms with van der Waals surface area (Å²) in [6, 6.07) is 9.52. The van der Waals surface area contributed by atoms with Crippen LogP contribution < -0.4 is 15.4 Å². The van der Waals surface area contributed by atoms with Crippen LogP contribution in [0, 0.1) is 0 Å². The molecule has 100 valence electrons. The van der Waals surface area contributed by atoms with Crippen LogP contribution in [-0.4, -0.2) is 19.1 Å². The minimum absolute atomic E-state index is 0.383. The van der Waals surface area contributed by atoms with Gasteiger partial charge in [0.15, 0.2) is 5.82 Å². The van der Waals surface area contributed by atoms with Crippen molar-refractivity contribution in [3.63, 3.8) is 0 Å². The Hall–Kier alpha value is -1.78. The van der Waals surface area contributed by atoms with Gasteiger partial charge in [0.05, 0.1) is 17.8 Å². The SMILES string of the molecule is COc1ccccc1N(C)c1nccc(CN)c1Cl. The van der Waals surface area contributed by atoms with E-state index in [0.717, 1.165) is 17.0 Å². The zero-order valence-electron chi connectivity index (χ0n) is 10.9. The number of anilines is 2. The molecule has 0 aliphatic heterocycles. The Balaban J connectivity index is 2.47. The topological polar surface area (TPSA) is 51.4 Å². The standard InChI is InChI=1S/C14H16ClN3O/c1-18(11-5-3-4-6-12(11)19-2)14-13(15)10(9-16)7-8-17-14/h3-8H,9,16H2,1-2H3. The first-order valence-corrected chi connectivity index (χ1v) is 6.27. The number of halogens is 1. The molecule has 2 rings (SSSR count). The van der Waals surface area contributed by atoms with Crippen LogP contribution >= 0.6 is 11.6 Å². The average molecular weight is 278 g/mol. The fourth-order valence-electron chi connectivity index (χ4n) is 1.88. The minimum atomic E-state index is 0.383. The number of pyridine rings is 1. The number of aromatic nitrogens is 1. The molecule has 2 N–H and O–H groups in total. The highest BCUT2D eigenvalue weighted by molar-refractivity contribution is 6.33. The van der Waals surface area contributed by atoms with Gasteiger partial charge in [0.1, 0.15) is 5.75 Å². The first-order chi connectivity index (χ1) is 9.19. The summed E-state index contributed by atoms with van der Waals surface area (Å²) >= 11 is 6.32. The summed E-state index contributed by atoms with van der Waals surface area (Å²) in [6.45, 7) is 0.383. The van der Waals surface area contributed by atoms with E-state index in [4.69, 9.17) is 22.1 Å². The van der Waals surface area contributed by atoms with Crippen LogP contribution in [0.25, 0.3) is 0 Å². The number of hydrogen-bond donors (Lipinski definition) is 1. The third kappa shape index (κ3) is 2.64. The van der Waals surface area contributed by atoms with Gasteiger partial charge in [-0.3, -0.25) is 0 Å². The molecular weight excluding hydrogens is 262 g/mol. The predicted octanol–water partition coefficient (Wildman–Crippen LogP) is 2.97. The average Bonchev–Trinajstić information content (AvgIpc) is 2.46. The van der Waals surface area contributed by atoms with E-state index in [1.807, 2.05) is 42.3 Å². The van der Waals surface area contributed by atoms with E-state index in [2.05, 4.69) is 4.98 Å². The monoisotopic (exact) mass is 277 g/mol. The molecule has 1 heterocycles. The molecule has 0 aliphatic carbocycles. The van der Waals surface area contributed by atoms with Gasteiger partial charge in [-0.2, -0.15) is 0 Å². The Morgan fingerprint density at radius 3 is 2.74 bits per heavy atom. The Morgan fingerprint density at radius 2 is 2.05 bits per heavy atom. The second-order valence-corrected chi connectivity index (χ2v) is 4.42. The summed E-state index contributed by atoms with van der Waals surface area (Å²) in [6.07, 6.45) is 1.70. The highest BCUT2D eigenvalue weighted by Gasteiger charge is 2.15. The molecule has 19 heavy (non-hydrogen) atoms. The van der Waals surface area contributed by atoms with Gasteiger partial charge in [0.25, 0.3) is 0 Å². The summed E-state index contributed by atoms with van der Waals surface area (Å²) in [5.74, 6) is 1.43. The van der Waals surface area contributed by atoms with Gasteiger partial charge in [0.2, 0.25) is 0 Å². The third-order valence-electron chi connectivity index (χ3n) is 2.93. The number of hydrogen-bond acceptors (Lipinski definition) is 4. The summed E-state index contributed by atoms with van der Waals surface area (Å²) in [5.41, 5.74) is 7.42. The molecule has 0 saturated heterocycles. The number of para-hydroxylation sites is 2. The van der Waals surface area contributed by atoms with E-state index >= 15 is 0 Å². The second-order valence-electron chi connectivity index (χ2n) is 4.04. The lowest BCUT2D eigenvalue weighted by molar-refractivity contribution is 0.415. The molecule has 0 atom stereocenters. The van der Waals surface area contributed by atoms with Crippen molar-refractivity contribution in [2.24, 2.45) is 5.73 Å². The molecular formula is C14H16ClN3O. The fraction of sp³-hybridized carbons (Fsp3) is 0.214. The maximum Gasteiger partial charge on any atom is 0.151 e. The molecule has 2 aromatic rings. The van der Waals surface area contributed by atoms with Crippen LogP contribution in [0.15, 0.2) is 36.5 Å². The Bertz CT molecular complexity index is 574. The second kappa shape index (κ2) is 5.91. The number of rotatable bonds is 4. The molecule has 0 aliphatic rings. The summed E-state index contributed by atoms with van der Waals surface area (Å²) in [7, 11) is 3.53. The molecule has 0 amide bonds. The van der Waals surface area contributed by atoms with Crippen molar-refractivity contribution in [1.82, 2.24) is 4.98 Å². The molecule has 0 spiro atoms. The largest absolute Gasteiger partial charge is 0.495 e. The lowest BCUT2D eigenvalue weighted by Gasteiger charge is -2.22. The van der Waals surface area contributed by atoms with Gasteiger partial charge in [0, 0.05) is 19.8 Å². The first kappa shape index (κ1) is 13.6. The van der Waals surface area contributed by atoms with E-state index in [-0.39, 0.29) is 0 Å². The molecule has 0 radical (unpaired) electrons. The molecule has 4 nitrogen and oxygen atoms in total. The predicted molar refractivity (Wildman–Crippen MR) is 78.2 cm³/mol. The highest BCUT2D eigenvalue weighted by atomic mass is 35.5. The van der Waals surface area contributed by atoms with Gasteiger partial charge in [-0.1, -0.05) is 23.7 Å². The van der Waals surface area contributed by atoms with E-state index in [1.165, 1.54) is 0 Å². The van der Waals surface area contributed by atoms with Crippen LogP contribution in [0.3, 0.4) is 0 Å². The van der Waals surface area contributed by atoms with E-state index in [9.17, 15) is 0 Å². The smallest absolute Gasteiger partial charge is 0.151 e. The van der Waals surface area contributed by atoms with Crippen LogP contribution in [0.4, 0.5) is 11.5 Å². The van der Waals surface area contributed by atoms with Crippen molar-refractivity contribution >= 4 is 23.1 Å². The summed E-state index contributed by atoms with van der Waals surface area (Å²) < 4.78 is 5.35. The summed E-state index contributed by atoms with van der Waals surface area (Å²) in [4.78, 5) is 6.21. The van der Waals surface area contributed by atoms with E-state index < -0.39 is 0 Å². The van der Waals surface area contributed by atoms with Crippen LogP contribution in [-0.2, 0) is 6.54 Å². The maximum absolute atomic E-state index is 6.32. The molecule has 1 aromatic carbocycles. The number of ether oxygens (including phenoxy) is 1. The minimum Gasteiger partial charge on any atom is -0.495 e. The van der Waals surface area contributed by atoms with Gasteiger partial charge in [-0.15, -0.1) is 0 Å². The van der Waals surface area contributed by atoms with Crippen LogP contribution in [0.1, 0.15) is 5.56 Å².